The van der Waals surface area contributed by atoms with Crippen LogP contribution in [-0.4, -0.2) is 28.8 Å². The van der Waals surface area contributed by atoms with Gasteiger partial charge in [-0.1, -0.05) is 22.0 Å². The summed E-state index contributed by atoms with van der Waals surface area (Å²) in [6.45, 7) is 0. The Balaban J connectivity index is 0.000000238. The quantitative estimate of drug-likeness (QED) is 0.696. The Morgan fingerprint density at radius 1 is 1.04 bits per heavy atom. The van der Waals surface area contributed by atoms with E-state index in [9.17, 15) is 12.8 Å². The molecule has 0 amide bonds. The molecule has 0 unspecified atom stereocenters. The molecule has 0 saturated carbocycles. The maximum Gasteiger partial charge on any atom is 0.177 e. The van der Waals surface area contributed by atoms with Gasteiger partial charge in [-0.15, -0.1) is 0 Å². The standard InChI is InChI=1S/C8H10FNO2S.C7H7Br2N/c1-10-8-6(9)4-3-5-7(8)13(2,11)12;1-10-7-3-2-5(8)4-6(7)9/h3-5,10H,1-2H3;2-4,10H,1H3. The average molecular weight is 468 g/mol. The van der Waals surface area contributed by atoms with Gasteiger partial charge in [0.05, 0.1) is 10.6 Å². The van der Waals surface area contributed by atoms with E-state index in [1.54, 1.807) is 0 Å². The molecule has 0 fully saturated rings. The van der Waals surface area contributed by atoms with Crippen LogP contribution in [0.2, 0.25) is 0 Å². The first-order chi connectivity index (χ1) is 10.7. The van der Waals surface area contributed by atoms with E-state index in [-0.39, 0.29) is 10.6 Å². The van der Waals surface area contributed by atoms with E-state index in [0.29, 0.717) is 0 Å². The second-order valence-corrected chi connectivity index (χ2v) is 8.26. The minimum atomic E-state index is -3.37. The van der Waals surface area contributed by atoms with Crippen molar-refractivity contribution in [1.82, 2.24) is 0 Å². The van der Waals surface area contributed by atoms with Gasteiger partial charge in [0.1, 0.15) is 5.82 Å². The van der Waals surface area contributed by atoms with E-state index < -0.39 is 15.7 Å². The van der Waals surface area contributed by atoms with Gasteiger partial charge >= 0.3 is 0 Å². The maximum atomic E-state index is 13.1. The zero-order chi connectivity index (χ0) is 17.6. The minimum Gasteiger partial charge on any atom is -0.387 e. The molecular weight excluding hydrogens is 451 g/mol. The van der Waals surface area contributed by atoms with Crippen LogP contribution in [0.15, 0.2) is 50.2 Å². The molecule has 8 heteroatoms. The van der Waals surface area contributed by atoms with Gasteiger partial charge in [-0.3, -0.25) is 0 Å². The van der Waals surface area contributed by atoms with Crippen LogP contribution in [0.4, 0.5) is 15.8 Å². The molecule has 0 atom stereocenters. The third-order valence-electron chi connectivity index (χ3n) is 2.83. The monoisotopic (exact) mass is 466 g/mol. The highest BCUT2D eigenvalue weighted by atomic mass is 79.9. The zero-order valence-electron chi connectivity index (χ0n) is 12.8. The Morgan fingerprint density at radius 2 is 1.70 bits per heavy atom. The van der Waals surface area contributed by atoms with Crippen molar-refractivity contribution in [3.8, 4) is 0 Å². The molecule has 2 aromatic carbocycles. The van der Waals surface area contributed by atoms with Crippen LogP contribution >= 0.6 is 31.9 Å². The number of rotatable bonds is 3. The molecule has 0 aliphatic heterocycles. The normalized spacial score (nSPS) is 10.5. The van der Waals surface area contributed by atoms with Crippen molar-refractivity contribution in [2.45, 2.75) is 4.90 Å². The van der Waals surface area contributed by atoms with Crippen LogP contribution in [0.1, 0.15) is 0 Å². The van der Waals surface area contributed by atoms with Crippen molar-refractivity contribution in [2.24, 2.45) is 0 Å². The Labute approximate surface area is 152 Å². The Morgan fingerprint density at radius 3 is 2.13 bits per heavy atom. The lowest BCUT2D eigenvalue weighted by molar-refractivity contribution is 0.597. The summed E-state index contributed by atoms with van der Waals surface area (Å²) in [5, 5.41) is 5.57. The van der Waals surface area contributed by atoms with Crippen molar-refractivity contribution in [1.29, 1.82) is 0 Å². The lowest BCUT2D eigenvalue weighted by atomic mass is 10.3. The predicted octanol–water partition coefficient (Wildman–Crippen LogP) is 4.52. The average Bonchev–Trinajstić information content (AvgIpc) is 2.47. The molecule has 0 radical (unpaired) electrons. The molecule has 0 saturated heterocycles. The smallest absolute Gasteiger partial charge is 0.177 e. The Kier molecular flexibility index (Phi) is 7.50. The molecule has 2 N–H and O–H groups in total. The van der Waals surface area contributed by atoms with Crippen LogP contribution in [0, 0.1) is 5.82 Å². The van der Waals surface area contributed by atoms with Gasteiger partial charge in [-0.25, -0.2) is 12.8 Å². The van der Waals surface area contributed by atoms with Gasteiger partial charge in [-0.05, 0) is 46.3 Å². The summed E-state index contributed by atoms with van der Waals surface area (Å²) in [6.07, 6.45) is 1.04. The highest BCUT2D eigenvalue weighted by molar-refractivity contribution is 9.11. The summed E-state index contributed by atoms with van der Waals surface area (Å²) in [7, 11) is 0.00550. The molecule has 2 aromatic rings. The fourth-order valence-corrected chi connectivity index (χ4v) is 3.89. The maximum absolute atomic E-state index is 13.1. The highest BCUT2D eigenvalue weighted by Gasteiger charge is 2.14. The zero-order valence-corrected chi connectivity index (χ0v) is 16.8. The summed E-state index contributed by atoms with van der Waals surface area (Å²) in [4.78, 5) is -0.0185. The van der Waals surface area contributed by atoms with Crippen LogP contribution in [0.3, 0.4) is 0 Å². The molecule has 0 heterocycles. The lowest BCUT2D eigenvalue weighted by Crippen LogP contribution is -2.04. The van der Waals surface area contributed by atoms with Gasteiger partial charge in [0, 0.05) is 35.0 Å². The highest BCUT2D eigenvalue weighted by Crippen LogP contribution is 2.25. The Bertz CT molecular complexity index is 783. The SMILES string of the molecule is CNc1c(F)cccc1S(C)(=O)=O.CNc1ccc(Br)cc1Br. The first-order valence-corrected chi connectivity index (χ1v) is 9.97. The van der Waals surface area contributed by atoms with Gasteiger partial charge in [0.15, 0.2) is 9.84 Å². The van der Waals surface area contributed by atoms with E-state index in [2.05, 4.69) is 42.5 Å². The second-order valence-electron chi connectivity index (χ2n) is 4.51. The van der Waals surface area contributed by atoms with Crippen molar-refractivity contribution in [2.75, 3.05) is 31.0 Å². The Hall–Kier alpha value is -1.12. The number of anilines is 2. The molecule has 0 spiro atoms. The number of nitrogens with one attached hydrogen (secondary N) is 2. The van der Waals surface area contributed by atoms with E-state index in [1.165, 1.54) is 25.2 Å². The summed E-state index contributed by atoms with van der Waals surface area (Å²) < 4.78 is 37.5. The second kappa shape index (κ2) is 8.65. The fourth-order valence-electron chi connectivity index (χ4n) is 1.75. The predicted molar refractivity (Wildman–Crippen MR) is 100 cm³/mol. The van der Waals surface area contributed by atoms with Gasteiger partial charge in [0.2, 0.25) is 0 Å². The van der Waals surface area contributed by atoms with Gasteiger partial charge in [0.25, 0.3) is 0 Å². The molecule has 2 rings (SSSR count). The van der Waals surface area contributed by atoms with Crippen LogP contribution in [0.25, 0.3) is 0 Å². The van der Waals surface area contributed by atoms with Crippen molar-refractivity contribution < 1.29 is 12.8 Å². The summed E-state index contributed by atoms with van der Waals surface area (Å²) >= 11 is 6.78. The molecule has 0 aromatic heterocycles. The number of halogens is 3. The number of hydrogen-bond donors (Lipinski definition) is 2. The van der Waals surface area contributed by atoms with Crippen LogP contribution in [-0.2, 0) is 9.84 Å². The third kappa shape index (κ3) is 5.78. The molecule has 0 bridgehead atoms. The van der Waals surface area contributed by atoms with Gasteiger partial charge < -0.3 is 10.6 Å². The van der Waals surface area contributed by atoms with E-state index in [4.69, 9.17) is 0 Å². The molecule has 4 nitrogen and oxygen atoms in total. The minimum absolute atomic E-state index is 0.0185. The summed E-state index contributed by atoms with van der Waals surface area (Å²) in [5.74, 6) is -0.564. The van der Waals surface area contributed by atoms with E-state index in [1.807, 2.05) is 25.2 Å². The summed E-state index contributed by atoms with van der Waals surface area (Å²) in [5.41, 5.74) is 1.12. The van der Waals surface area contributed by atoms with Crippen molar-refractivity contribution >= 4 is 53.1 Å². The summed E-state index contributed by atoms with van der Waals surface area (Å²) in [6, 6.07) is 9.95. The van der Waals surface area contributed by atoms with Gasteiger partial charge in [-0.2, -0.15) is 0 Å². The molecule has 0 aliphatic rings. The first kappa shape index (κ1) is 19.9. The molecule has 0 aliphatic carbocycles. The topological polar surface area (TPSA) is 58.2 Å². The van der Waals surface area contributed by atoms with Crippen LogP contribution in [0.5, 0.6) is 0 Å². The third-order valence-corrected chi connectivity index (χ3v) is 5.11. The lowest BCUT2D eigenvalue weighted by Gasteiger charge is -2.07. The van der Waals surface area contributed by atoms with E-state index >= 15 is 0 Å². The van der Waals surface area contributed by atoms with E-state index in [0.717, 1.165) is 20.9 Å². The first-order valence-electron chi connectivity index (χ1n) is 6.49. The number of para-hydroxylation sites is 1. The largest absolute Gasteiger partial charge is 0.387 e. The number of sulfone groups is 1. The fraction of sp³-hybridized carbons (Fsp3) is 0.200. The van der Waals surface area contributed by atoms with Crippen molar-refractivity contribution in [3.05, 3.63) is 51.2 Å². The molecule has 126 valence electrons. The van der Waals surface area contributed by atoms with Crippen LogP contribution < -0.4 is 10.6 Å². The number of hydrogen-bond acceptors (Lipinski definition) is 4. The number of benzene rings is 2. The van der Waals surface area contributed by atoms with Crippen molar-refractivity contribution in [3.63, 3.8) is 0 Å². The molecular formula is C15H17Br2FN2O2S. The molecule has 23 heavy (non-hydrogen) atoms.